The second kappa shape index (κ2) is 8.20. The third-order valence-corrected chi connectivity index (χ3v) is 4.00. The lowest BCUT2D eigenvalue weighted by molar-refractivity contribution is 0.00966. The van der Waals surface area contributed by atoms with Crippen LogP contribution in [-0.4, -0.2) is 43.1 Å². The highest BCUT2D eigenvalue weighted by atomic mass is 35.5. The van der Waals surface area contributed by atoms with Crippen molar-refractivity contribution in [2.24, 2.45) is 0 Å². The topological polar surface area (TPSA) is 50.7 Å². The predicted octanol–water partition coefficient (Wildman–Crippen LogP) is 2.89. The Labute approximate surface area is 135 Å². The molecule has 0 radical (unpaired) electrons. The van der Waals surface area contributed by atoms with Crippen molar-refractivity contribution in [1.82, 2.24) is 5.32 Å². The van der Waals surface area contributed by atoms with E-state index < -0.39 is 6.10 Å². The summed E-state index contributed by atoms with van der Waals surface area (Å²) in [6, 6.07) is 5.40. The smallest absolute Gasteiger partial charge is 0.139 e. The first-order chi connectivity index (χ1) is 10.0. The van der Waals surface area contributed by atoms with Crippen LogP contribution in [0.3, 0.4) is 0 Å². The van der Waals surface area contributed by atoms with E-state index in [0.717, 1.165) is 19.4 Å². The second-order valence-electron chi connectivity index (χ2n) is 5.35. The second-order valence-corrected chi connectivity index (χ2v) is 6.19. The number of ether oxygens (including phenoxy) is 2. The monoisotopic (exact) mass is 333 g/mol. The first kappa shape index (κ1) is 16.8. The summed E-state index contributed by atoms with van der Waals surface area (Å²) in [4.78, 5) is 0. The van der Waals surface area contributed by atoms with Gasteiger partial charge in [-0.05, 0) is 31.9 Å². The molecule has 1 aliphatic heterocycles. The van der Waals surface area contributed by atoms with Gasteiger partial charge < -0.3 is 19.9 Å². The Bertz CT molecular complexity index is 459. The van der Waals surface area contributed by atoms with Gasteiger partial charge in [-0.2, -0.15) is 0 Å². The van der Waals surface area contributed by atoms with Crippen LogP contribution in [-0.2, 0) is 4.74 Å². The zero-order valence-corrected chi connectivity index (χ0v) is 13.5. The molecular weight excluding hydrogens is 313 g/mol. The molecule has 2 N–H and O–H groups in total. The Balaban J connectivity index is 1.72. The van der Waals surface area contributed by atoms with E-state index >= 15 is 0 Å². The molecule has 0 aromatic heterocycles. The van der Waals surface area contributed by atoms with Crippen molar-refractivity contribution in [3.63, 3.8) is 0 Å². The number of rotatable bonds is 6. The molecule has 0 amide bonds. The Kier molecular flexibility index (Phi) is 6.58. The maximum atomic E-state index is 9.97. The zero-order chi connectivity index (χ0) is 15.2. The van der Waals surface area contributed by atoms with Crippen LogP contribution < -0.4 is 10.1 Å². The van der Waals surface area contributed by atoms with Gasteiger partial charge in [-0.15, -0.1) is 0 Å². The number of nitrogens with one attached hydrogen (secondary N) is 1. The largest absolute Gasteiger partial charge is 0.489 e. The fraction of sp³-hybridized carbons (Fsp3) is 0.600. The normalized spacial score (nSPS) is 23.8. The summed E-state index contributed by atoms with van der Waals surface area (Å²) in [6.07, 6.45) is 1.61. The van der Waals surface area contributed by atoms with Crippen molar-refractivity contribution in [3.8, 4) is 5.75 Å². The molecule has 0 spiro atoms. The molecule has 1 aromatic carbocycles. The molecule has 0 bridgehead atoms. The summed E-state index contributed by atoms with van der Waals surface area (Å²) < 4.78 is 11.0. The van der Waals surface area contributed by atoms with Crippen LogP contribution in [0.15, 0.2) is 18.2 Å². The third-order valence-electron chi connectivity index (χ3n) is 3.45. The average Bonchev–Trinajstić information content (AvgIpc) is 2.46. The molecule has 21 heavy (non-hydrogen) atoms. The Morgan fingerprint density at radius 2 is 2.29 bits per heavy atom. The first-order valence-corrected chi connectivity index (χ1v) is 7.91. The minimum Gasteiger partial charge on any atom is -0.489 e. The molecule has 3 atom stereocenters. The quantitative estimate of drug-likeness (QED) is 0.840. The van der Waals surface area contributed by atoms with Gasteiger partial charge in [0.2, 0.25) is 0 Å². The molecule has 1 aliphatic rings. The van der Waals surface area contributed by atoms with Crippen molar-refractivity contribution < 1.29 is 14.6 Å². The zero-order valence-electron chi connectivity index (χ0n) is 12.0. The van der Waals surface area contributed by atoms with E-state index in [-0.39, 0.29) is 12.7 Å². The fourth-order valence-corrected chi connectivity index (χ4v) is 2.65. The molecule has 3 unspecified atom stereocenters. The van der Waals surface area contributed by atoms with Crippen LogP contribution in [0.1, 0.15) is 19.8 Å². The lowest BCUT2D eigenvalue weighted by atomic mass is 10.0. The molecular formula is C15H21Cl2NO3. The summed E-state index contributed by atoms with van der Waals surface area (Å²) in [5.41, 5.74) is 0. The van der Waals surface area contributed by atoms with Gasteiger partial charge in [0.05, 0.1) is 11.1 Å². The Morgan fingerprint density at radius 1 is 1.48 bits per heavy atom. The van der Waals surface area contributed by atoms with E-state index in [9.17, 15) is 5.11 Å². The van der Waals surface area contributed by atoms with Gasteiger partial charge in [-0.3, -0.25) is 0 Å². The van der Waals surface area contributed by atoms with Crippen LogP contribution >= 0.6 is 23.2 Å². The van der Waals surface area contributed by atoms with Gasteiger partial charge in [0.1, 0.15) is 18.5 Å². The number of aliphatic hydroxyl groups excluding tert-OH is 1. The SMILES string of the molecule is CC1CC(NCC(O)COc2cc(Cl)ccc2Cl)CCO1. The van der Waals surface area contributed by atoms with Crippen LogP contribution in [0.5, 0.6) is 5.75 Å². The van der Waals surface area contributed by atoms with Crippen molar-refractivity contribution in [3.05, 3.63) is 28.2 Å². The van der Waals surface area contributed by atoms with Gasteiger partial charge in [0.25, 0.3) is 0 Å². The minimum atomic E-state index is -0.599. The van der Waals surface area contributed by atoms with Crippen molar-refractivity contribution in [1.29, 1.82) is 0 Å². The molecule has 0 saturated carbocycles. The Hall–Kier alpha value is -0.520. The number of halogens is 2. The molecule has 1 saturated heterocycles. The lowest BCUT2D eigenvalue weighted by Crippen LogP contribution is -2.42. The number of hydrogen-bond acceptors (Lipinski definition) is 4. The summed E-state index contributed by atoms with van der Waals surface area (Å²) in [7, 11) is 0. The highest BCUT2D eigenvalue weighted by molar-refractivity contribution is 6.34. The molecule has 2 rings (SSSR count). The van der Waals surface area contributed by atoms with E-state index in [2.05, 4.69) is 12.2 Å². The van der Waals surface area contributed by atoms with E-state index in [1.165, 1.54) is 0 Å². The fourth-order valence-electron chi connectivity index (χ4n) is 2.32. The maximum absolute atomic E-state index is 9.97. The molecule has 118 valence electrons. The highest BCUT2D eigenvalue weighted by Gasteiger charge is 2.19. The first-order valence-electron chi connectivity index (χ1n) is 7.15. The van der Waals surface area contributed by atoms with Crippen LogP contribution in [0.25, 0.3) is 0 Å². The van der Waals surface area contributed by atoms with Gasteiger partial charge in [0.15, 0.2) is 0 Å². The summed E-state index contributed by atoms with van der Waals surface area (Å²) >= 11 is 11.9. The van der Waals surface area contributed by atoms with Crippen molar-refractivity contribution in [2.75, 3.05) is 19.8 Å². The molecule has 1 aromatic rings. The molecule has 1 heterocycles. The van der Waals surface area contributed by atoms with Gasteiger partial charge in [0, 0.05) is 30.3 Å². The van der Waals surface area contributed by atoms with Gasteiger partial charge >= 0.3 is 0 Å². The highest BCUT2D eigenvalue weighted by Crippen LogP contribution is 2.27. The van der Waals surface area contributed by atoms with Crippen LogP contribution in [0.2, 0.25) is 10.0 Å². The summed E-state index contributed by atoms with van der Waals surface area (Å²) in [5, 5.41) is 14.4. The van der Waals surface area contributed by atoms with Gasteiger partial charge in [-0.25, -0.2) is 0 Å². The van der Waals surface area contributed by atoms with E-state index in [0.29, 0.717) is 28.4 Å². The number of hydrogen-bond donors (Lipinski definition) is 2. The molecule has 0 aliphatic carbocycles. The molecule has 4 nitrogen and oxygen atoms in total. The van der Waals surface area contributed by atoms with E-state index in [1.54, 1.807) is 18.2 Å². The lowest BCUT2D eigenvalue weighted by Gasteiger charge is -2.28. The number of aliphatic hydroxyl groups is 1. The molecule has 6 heteroatoms. The van der Waals surface area contributed by atoms with Crippen LogP contribution in [0, 0.1) is 0 Å². The number of benzene rings is 1. The van der Waals surface area contributed by atoms with Crippen molar-refractivity contribution in [2.45, 2.75) is 38.0 Å². The Morgan fingerprint density at radius 3 is 3.05 bits per heavy atom. The summed E-state index contributed by atoms with van der Waals surface area (Å²) in [6.45, 7) is 3.49. The standard InChI is InChI=1S/C15H21Cl2NO3/c1-10-6-12(4-5-20-10)18-8-13(19)9-21-15-7-11(16)2-3-14(15)17/h2-3,7,10,12-13,18-19H,4-6,8-9H2,1H3. The third kappa shape index (κ3) is 5.64. The predicted molar refractivity (Wildman–Crippen MR) is 84.4 cm³/mol. The average molecular weight is 334 g/mol. The van der Waals surface area contributed by atoms with E-state index in [4.69, 9.17) is 32.7 Å². The van der Waals surface area contributed by atoms with Crippen molar-refractivity contribution >= 4 is 23.2 Å². The minimum absolute atomic E-state index is 0.172. The summed E-state index contributed by atoms with van der Waals surface area (Å²) in [5.74, 6) is 0.489. The maximum Gasteiger partial charge on any atom is 0.139 e. The van der Waals surface area contributed by atoms with Gasteiger partial charge in [-0.1, -0.05) is 23.2 Å². The van der Waals surface area contributed by atoms with Crippen LogP contribution in [0.4, 0.5) is 0 Å². The van der Waals surface area contributed by atoms with E-state index in [1.807, 2.05) is 0 Å². The molecule has 1 fully saturated rings.